The SMILES string of the molecule is C=C/C=C\C1=C(C)C(/C(I)=C\C)=C(C=C)C12C(/C=C\C)=C(C=C)C(C=C)=C2/C=C\C=C. The van der Waals surface area contributed by atoms with Crippen LogP contribution < -0.4 is 0 Å². The number of halogens is 1. The molecule has 0 bridgehead atoms. The molecule has 2 aliphatic carbocycles. The summed E-state index contributed by atoms with van der Waals surface area (Å²) in [7, 11) is 0. The van der Waals surface area contributed by atoms with E-state index in [2.05, 4.69) is 99.7 Å². The molecule has 1 heteroatoms. The minimum atomic E-state index is -0.515. The zero-order valence-electron chi connectivity index (χ0n) is 18.8. The summed E-state index contributed by atoms with van der Waals surface area (Å²) in [6, 6.07) is 0. The Morgan fingerprint density at radius 2 is 1.26 bits per heavy atom. The lowest BCUT2D eigenvalue weighted by atomic mass is 9.66. The smallest absolute Gasteiger partial charge is 0.0722 e. The average Bonchev–Trinajstić information content (AvgIpc) is 3.18. The molecule has 0 heterocycles. The molecular weight excluding hydrogens is 487 g/mol. The molecule has 0 aliphatic heterocycles. The minimum Gasteiger partial charge on any atom is -0.0991 e. The molecule has 1 unspecified atom stereocenters. The van der Waals surface area contributed by atoms with Crippen molar-refractivity contribution in [3.8, 4) is 0 Å². The van der Waals surface area contributed by atoms with E-state index in [0.717, 1.165) is 16.7 Å². The van der Waals surface area contributed by atoms with Gasteiger partial charge in [-0.05, 0) is 87.9 Å². The topological polar surface area (TPSA) is 0 Å². The van der Waals surface area contributed by atoms with Gasteiger partial charge in [0.05, 0.1) is 5.41 Å². The predicted octanol–water partition coefficient (Wildman–Crippen LogP) is 9.16. The monoisotopic (exact) mass is 518 g/mol. The number of allylic oxidation sites excluding steroid dienone is 21. The second-order valence-electron chi connectivity index (χ2n) is 7.17. The van der Waals surface area contributed by atoms with E-state index < -0.39 is 5.41 Å². The second kappa shape index (κ2) is 10.6. The molecule has 0 aromatic carbocycles. The van der Waals surface area contributed by atoms with Crippen LogP contribution in [0.5, 0.6) is 0 Å². The molecule has 0 nitrogen and oxygen atoms in total. The maximum atomic E-state index is 4.26. The average molecular weight is 518 g/mol. The van der Waals surface area contributed by atoms with Crippen molar-refractivity contribution >= 4 is 22.6 Å². The standard InChI is InChI=1S/C30H31I/c1-9-16-19-25-21(8)29(28(31)15-7)24(14-6)30(25)26(18-11-3)22(12-4)23(13-5)27(30)20-17-10-2/h9-20H,1-2,4-6H2,3,7-8H3/b18-11-,19-16-,20-17-,28-15+. The molecule has 0 N–H and O–H groups in total. The van der Waals surface area contributed by atoms with Crippen LogP contribution in [0.1, 0.15) is 20.8 Å². The molecule has 0 fully saturated rings. The first-order chi connectivity index (χ1) is 15.0. The highest BCUT2D eigenvalue weighted by molar-refractivity contribution is 14.1. The van der Waals surface area contributed by atoms with Crippen molar-refractivity contribution in [2.75, 3.05) is 0 Å². The van der Waals surface area contributed by atoms with Gasteiger partial charge in [-0.2, -0.15) is 0 Å². The van der Waals surface area contributed by atoms with Crippen LogP contribution in [-0.2, 0) is 0 Å². The van der Waals surface area contributed by atoms with Gasteiger partial charge in [-0.1, -0.05) is 106 Å². The lowest BCUT2D eigenvalue weighted by Gasteiger charge is -2.35. The van der Waals surface area contributed by atoms with Crippen molar-refractivity contribution in [3.63, 3.8) is 0 Å². The number of hydrogen-bond donors (Lipinski definition) is 0. The summed E-state index contributed by atoms with van der Waals surface area (Å²) < 4.78 is 1.20. The minimum absolute atomic E-state index is 0.515. The van der Waals surface area contributed by atoms with Gasteiger partial charge in [-0.15, -0.1) is 0 Å². The lowest BCUT2D eigenvalue weighted by Crippen LogP contribution is -2.25. The van der Waals surface area contributed by atoms with Crippen molar-refractivity contribution in [3.05, 3.63) is 154 Å². The van der Waals surface area contributed by atoms with Gasteiger partial charge in [-0.25, -0.2) is 0 Å². The Kier molecular flexibility index (Phi) is 8.41. The van der Waals surface area contributed by atoms with Crippen LogP contribution in [0.15, 0.2) is 154 Å². The fraction of sp³-hybridized carbons (Fsp3) is 0.133. The van der Waals surface area contributed by atoms with Gasteiger partial charge < -0.3 is 0 Å². The highest BCUT2D eigenvalue weighted by Crippen LogP contribution is 2.64. The van der Waals surface area contributed by atoms with Gasteiger partial charge in [-0.3, -0.25) is 0 Å². The Hall–Kier alpha value is -2.65. The van der Waals surface area contributed by atoms with Crippen molar-refractivity contribution < 1.29 is 0 Å². The van der Waals surface area contributed by atoms with Crippen molar-refractivity contribution in [2.24, 2.45) is 5.41 Å². The molecule has 0 amide bonds. The molecule has 0 saturated carbocycles. The molecule has 1 spiro atoms. The van der Waals surface area contributed by atoms with Crippen LogP contribution in [0.25, 0.3) is 0 Å². The predicted molar refractivity (Wildman–Crippen MR) is 148 cm³/mol. The first kappa shape index (κ1) is 24.6. The molecule has 0 radical (unpaired) electrons. The van der Waals surface area contributed by atoms with Gasteiger partial charge >= 0.3 is 0 Å². The van der Waals surface area contributed by atoms with E-state index in [1.54, 1.807) is 6.08 Å². The van der Waals surface area contributed by atoms with E-state index in [-0.39, 0.29) is 0 Å². The Balaban J connectivity index is 3.27. The van der Waals surface area contributed by atoms with Crippen LogP contribution in [0.4, 0.5) is 0 Å². The summed E-state index contributed by atoms with van der Waals surface area (Å²) >= 11 is 2.42. The summed E-state index contributed by atoms with van der Waals surface area (Å²) in [6.07, 6.45) is 24.3. The number of hydrogen-bond acceptors (Lipinski definition) is 0. The maximum Gasteiger partial charge on any atom is 0.0722 e. The van der Waals surface area contributed by atoms with Crippen molar-refractivity contribution in [1.29, 1.82) is 0 Å². The fourth-order valence-corrected chi connectivity index (χ4v) is 5.39. The highest BCUT2D eigenvalue weighted by Gasteiger charge is 2.52. The molecule has 0 aromatic heterocycles. The van der Waals surface area contributed by atoms with Crippen molar-refractivity contribution in [2.45, 2.75) is 20.8 Å². The molecule has 1 atom stereocenters. The summed E-state index contributed by atoms with van der Waals surface area (Å²) in [6.45, 7) is 26.7. The van der Waals surface area contributed by atoms with Crippen LogP contribution >= 0.6 is 22.6 Å². The van der Waals surface area contributed by atoms with Crippen LogP contribution in [0.2, 0.25) is 0 Å². The quantitative estimate of drug-likeness (QED) is 0.211. The van der Waals surface area contributed by atoms with E-state index in [1.807, 2.05) is 43.4 Å². The van der Waals surface area contributed by atoms with Gasteiger partial charge in [0.25, 0.3) is 0 Å². The van der Waals surface area contributed by atoms with E-state index in [1.165, 1.54) is 31.4 Å². The Morgan fingerprint density at radius 3 is 1.68 bits per heavy atom. The Labute approximate surface area is 202 Å². The van der Waals surface area contributed by atoms with Crippen LogP contribution in [0.3, 0.4) is 0 Å². The molecule has 0 aromatic rings. The third-order valence-corrected chi connectivity index (χ3v) is 6.93. The molecule has 31 heavy (non-hydrogen) atoms. The van der Waals surface area contributed by atoms with Gasteiger partial charge in [0.1, 0.15) is 0 Å². The summed E-state index contributed by atoms with van der Waals surface area (Å²) in [5, 5.41) is 0. The van der Waals surface area contributed by atoms with Gasteiger partial charge in [0, 0.05) is 3.58 Å². The second-order valence-corrected chi connectivity index (χ2v) is 8.33. The van der Waals surface area contributed by atoms with E-state index >= 15 is 0 Å². The normalized spacial score (nSPS) is 22.3. The highest BCUT2D eigenvalue weighted by atomic mass is 127. The van der Waals surface area contributed by atoms with E-state index in [4.69, 9.17) is 0 Å². The molecule has 2 aliphatic rings. The molecule has 158 valence electrons. The molecule has 2 rings (SSSR count). The lowest BCUT2D eigenvalue weighted by molar-refractivity contribution is 0.691. The first-order valence-electron chi connectivity index (χ1n) is 10.3. The zero-order chi connectivity index (χ0) is 23.2. The summed E-state index contributed by atoms with van der Waals surface area (Å²) in [5.74, 6) is 0. The fourth-order valence-electron chi connectivity index (χ4n) is 4.69. The maximum absolute atomic E-state index is 4.26. The third-order valence-electron chi connectivity index (χ3n) is 5.77. The summed E-state index contributed by atoms with van der Waals surface area (Å²) in [4.78, 5) is 0. The van der Waals surface area contributed by atoms with Crippen molar-refractivity contribution in [1.82, 2.24) is 0 Å². The Morgan fingerprint density at radius 1 is 0.742 bits per heavy atom. The number of rotatable bonds is 9. The molecule has 0 saturated heterocycles. The van der Waals surface area contributed by atoms with E-state index in [9.17, 15) is 0 Å². The van der Waals surface area contributed by atoms with Gasteiger partial charge in [0.2, 0.25) is 0 Å². The Bertz CT molecular complexity index is 1080. The third kappa shape index (κ3) is 3.76. The van der Waals surface area contributed by atoms with Gasteiger partial charge in [0.15, 0.2) is 0 Å². The van der Waals surface area contributed by atoms with Crippen LogP contribution in [0, 0.1) is 5.41 Å². The summed E-state index contributed by atoms with van der Waals surface area (Å²) in [5.41, 5.74) is 8.82. The zero-order valence-corrected chi connectivity index (χ0v) is 21.0. The van der Waals surface area contributed by atoms with E-state index in [0.29, 0.717) is 0 Å². The molecular formula is C30H31I. The van der Waals surface area contributed by atoms with Crippen LogP contribution in [-0.4, -0.2) is 0 Å². The largest absolute Gasteiger partial charge is 0.0991 e. The first-order valence-corrected chi connectivity index (χ1v) is 11.4.